The smallest absolute Gasteiger partial charge is 0.253 e. The van der Waals surface area contributed by atoms with Crippen molar-refractivity contribution in [2.45, 2.75) is 6.42 Å². The van der Waals surface area contributed by atoms with Crippen molar-refractivity contribution >= 4 is 21.6 Å². The van der Waals surface area contributed by atoms with E-state index < -0.39 is 10.0 Å². The third kappa shape index (κ3) is 4.56. The molecule has 0 aromatic heterocycles. The number of sulfonamides is 1. The van der Waals surface area contributed by atoms with E-state index in [0.717, 1.165) is 17.5 Å². The van der Waals surface area contributed by atoms with Crippen LogP contribution >= 0.6 is 0 Å². The lowest BCUT2D eigenvalue weighted by Gasteiger charge is -2.18. The van der Waals surface area contributed by atoms with Crippen LogP contribution in [0, 0.1) is 5.92 Å². The zero-order valence-electron chi connectivity index (χ0n) is 13.5. The van der Waals surface area contributed by atoms with Gasteiger partial charge >= 0.3 is 0 Å². The molecular formula is C16H23N3O3S. The Bertz CT molecular complexity index is 668. The van der Waals surface area contributed by atoms with Gasteiger partial charge < -0.3 is 9.80 Å². The van der Waals surface area contributed by atoms with Gasteiger partial charge in [0.15, 0.2) is 0 Å². The lowest BCUT2D eigenvalue weighted by molar-refractivity contribution is 0.0787. The molecule has 126 valence electrons. The van der Waals surface area contributed by atoms with E-state index in [2.05, 4.69) is 11.3 Å². The Morgan fingerprint density at radius 2 is 2.04 bits per heavy atom. The molecular weight excluding hydrogens is 314 g/mol. The summed E-state index contributed by atoms with van der Waals surface area (Å²) in [5, 5.41) is 0.900. The van der Waals surface area contributed by atoms with Crippen LogP contribution in [0.15, 0.2) is 36.3 Å². The Morgan fingerprint density at radius 1 is 1.39 bits per heavy atom. The van der Waals surface area contributed by atoms with Gasteiger partial charge in [-0.25, -0.2) is 13.1 Å². The summed E-state index contributed by atoms with van der Waals surface area (Å²) in [4.78, 5) is 16.2. The highest BCUT2D eigenvalue weighted by Gasteiger charge is 2.27. The molecule has 1 fully saturated rings. The molecule has 0 bridgehead atoms. The van der Waals surface area contributed by atoms with Gasteiger partial charge in [0.05, 0.1) is 0 Å². The van der Waals surface area contributed by atoms with E-state index in [1.165, 1.54) is 0 Å². The first-order valence-electron chi connectivity index (χ1n) is 7.51. The minimum Gasteiger partial charge on any atom is -0.378 e. The quantitative estimate of drug-likeness (QED) is 0.849. The molecule has 0 spiro atoms. The first-order valence-corrected chi connectivity index (χ1v) is 9.06. The average molecular weight is 337 g/mol. The zero-order valence-corrected chi connectivity index (χ0v) is 14.3. The highest BCUT2D eigenvalue weighted by Crippen LogP contribution is 2.20. The molecule has 1 atom stereocenters. The van der Waals surface area contributed by atoms with E-state index in [9.17, 15) is 13.2 Å². The van der Waals surface area contributed by atoms with E-state index in [4.69, 9.17) is 0 Å². The van der Waals surface area contributed by atoms with Crippen molar-refractivity contribution in [1.82, 2.24) is 9.62 Å². The first-order chi connectivity index (χ1) is 10.8. The molecule has 1 heterocycles. The van der Waals surface area contributed by atoms with Gasteiger partial charge in [0.2, 0.25) is 10.0 Å². The maximum Gasteiger partial charge on any atom is 0.253 e. The van der Waals surface area contributed by atoms with Crippen LogP contribution in [0.3, 0.4) is 0 Å². The number of carbonyl (C=O) groups is 1. The van der Waals surface area contributed by atoms with E-state index in [1.54, 1.807) is 4.90 Å². The van der Waals surface area contributed by atoms with Crippen molar-refractivity contribution in [2.24, 2.45) is 5.92 Å². The summed E-state index contributed by atoms with van der Waals surface area (Å²) in [6.45, 7) is 4.80. The van der Waals surface area contributed by atoms with Crippen molar-refractivity contribution in [1.29, 1.82) is 0 Å². The van der Waals surface area contributed by atoms with Crippen LogP contribution in [0.4, 0.5) is 5.69 Å². The number of carbonyl (C=O) groups excluding carboxylic acids is 1. The normalized spacial score (nSPS) is 18.0. The fraction of sp³-hybridized carbons (Fsp3) is 0.438. The Balaban J connectivity index is 1.93. The molecule has 1 aliphatic heterocycles. The van der Waals surface area contributed by atoms with Crippen molar-refractivity contribution in [2.75, 3.05) is 38.6 Å². The first kappa shape index (κ1) is 17.5. The monoisotopic (exact) mass is 337 g/mol. The van der Waals surface area contributed by atoms with Crippen LogP contribution in [0.25, 0.3) is 0 Å². The van der Waals surface area contributed by atoms with Gasteiger partial charge in [-0.05, 0) is 36.6 Å². The van der Waals surface area contributed by atoms with Gasteiger partial charge in [-0.3, -0.25) is 4.79 Å². The molecule has 0 saturated carbocycles. The van der Waals surface area contributed by atoms with Crippen LogP contribution < -0.4 is 9.62 Å². The number of hydrogen-bond acceptors (Lipinski definition) is 4. The summed E-state index contributed by atoms with van der Waals surface area (Å²) in [5.74, 6) is 0.124. The van der Waals surface area contributed by atoms with Crippen molar-refractivity contribution in [3.05, 3.63) is 41.8 Å². The summed E-state index contributed by atoms with van der Waals surface area (Å²) >= 11 is 0. The summed E-state index contributed by atoms with van der Waals surface area (Å²) in [5.41, 5.74) is 1.70. The SMILES string of the molecule is C=CS(=O)(=O)NC[C@H]1CCN(C(=O)c2ccc(N(C)C)cc2)C1. The number of nitrogens with zero attached hydrogens (tertiary/aromatic N) is 2. The zero-order chi connectivity index (χ0) is 17.0. The molecule has 6 nitrogen and oxygen atoms in total. The largest absolute Gasteiger partial charge is 0.378 e. The number of benzene rings is 1. The summed E-state index contributed by atoms with van der Waals surface area (Å²) in [6.07, 6.45) is 0.793. The topological polar surface area (TPSA) is 69.7 Å². The molecule has 23 heavy (non-hydrogen) atoms. The standard InChI is InChI=1S/C16H23N3O3S/c1-4-23(21,22)17-11-13-9-10-19(12-13)16(20)14-5-7-15(8-6-14)18(2)3/h4-8,13,17H,1,9-12H2,2-3H3/t13-/m1/s1. The molecule has 2 rings (SSSR count). The molecule has 1 aromatic rings. The molecule has 1 aliphatic rings. The second-order valence-corrected chi connectivity index (χ2v) is 7.62. The lowest BCUT2D eigenvalue weighted by atomic mass is 10.1. The van der Waals surface area contributed by atoms with Crippen molar-refractivity contribution < 1.29 is 13.2 Å². The predicted molar refractivity (Wildman–Crippen MR) is 91.9 cm³/mol. The second-order valence-electron chi connectivity index (χ2n) is 5.91. The van der Waals surface area contributed by atoms with Gasteiger partial charge in [-0.15, -0.1) is 0 Å². The Labute approximate surface area is 137 Å². The highest BCUT2D eigenvalue weighted by atomic mass is 32.2. The minimum absolute atomic E-state index is 0.00983. The van der Waals surface area contributed by atoms with Crippen molar-refractivity contribution in [3.8, 4) is 0 Å². The second kappa shape index (κ2) is 7.14. The summed E-state index contributed by atoms with van der Waals surface area (Å²) < 4.78 is 25.2. The van der Waals surface area contributed by atoms with Crippen LogP contribution in [0.1, 0.15) is 16.8 Å². The Morgan fingerprint density at radius 3 is 2.61 bits per heavy atom. The predicted octanol–water partition coefficient (Wildman–Crippen LogP) is 1.28. The lowest BCUT2D eigenvalue weighted by Crippen LogP contribution is -2.32. The Hall–Kier alpha value is -1.86. The summed E-state index contributed by atoms with van der Waals surface area (Å²) in [7, 11) is 0.497. The molecule has 1 aromatic carbocycles. The molecule has 1 N–H and O–H groups in total. The van der Waals surface area contributed by atoms with E-state index in [0.29, 0.717) is 25.2 Å². The molecule has 1 saturated heterocycles. The summed E-state index contributed by atoms with van der Waals surface area (Å²) in [6, 6.07) is 7.48. The van der Waals surface area contributed by atoms with Crippen LogP contribution in [0.5, 0.6) is 0 Å². The van der Waals surface area contributed by atoms with Gasteiger partial charge in [-0.2, -0.15) is 0 Å². The number of amides is 1. The van der Waals surface area contributed by atoms with Gasteiger partial charge in [0.1, 0.15) is 0 Å². The molecule has 0 unspecified atom stereocenters. The molecule has 0 aliphatic carbocycles. The Kier molecular flexibility index (Phi) is 5.43. The van der Waals surface area contributed by atoms with Gasteiger partial charge in [0, 0.05) is 50.4 Å². The van der Waals surface area contributed by atoms with Crippen LogP contribution in [0.2, 0.25) is 0 Å². The minimum atomic E-state index is -3.40. The molecule has 0 radical (unpaired) electrons. The average Bonchev–Trinajstić information content (AvgIpc) is 3.01. The van der Waals surface area contributed by atoms with Crippen LogP contribution in [-0.4, -0.2) is 53.0 Å². The molecule has 1 amide bonds. The maximum absolute atomic E-state index is 12.5. The van der Waals surface area contributed by atoms with E-state index in [-0.39, 0.29) is 11.8 Å². The molecule has 7 heteroatoms. The number of anilines is 1. The van der Waals surface area contributed by atoms with Gasteiger partial charge in [0.25, 0.3) is 5.91 Å². The number of likely N-dealkylation sites (tertiary alicyclic amines) is 1. The maximum atomic E-state index is 12.5. The third-order valence-electron chi connectivity index (χ3n) is 4.00. The van der Waals surface area contributed by atoms with E-state index >= 15 is 0 Å². The van der Waals surface area contributed by atoms with E-state index in [1.807, 2.05) is 43.3 Å². The third-order valence-corrected chi connectivity index (χ3v) is 5.00. The highest BCUT2D eigenvalue weighted by molar-refractivity contribution is 7.92. The van der Waals surface area contributed by atoms with Crippen LogP contribution in [-0.2, 0) is 10.0 Å². The van der Waals surface area contributed by atoms with Gasteiger partial charge in [-0.1, -0.05) is 6.58 Å². The number of nitrogens with one attached hydrogen (secondary N) is 1. The number of hydrogen-bond donors (Lipinski definition) is 1. The number of rotatable bonds is 6. The fourth-order valence-electron chi connectivity index (χ4n) is 2.56. The fourth-order valence-corrected chi connectivity index (χ4v) is 3.15. The van der Waals surface area contributed by atoms with Crippen molar-refractivity contribution in [3.63, 3.8) is 0 Å².